The van der Waals surface area contributed by atoms with Gasteiger partial charge in [-0.3, -0.25) is 4.79 Å². The quantitative estimate of drug-likeness (QED) is 0.733. The second kappa shape index (κ2) is 5.43. The third-order valence-electron chi connectivity index (χ3n) is 2.16. The van der Waals surface area contributed by atoms with Crippen LogP contribution in [0.1, 0.15) is 26.7 Å². The van der Waals surface area contributed by atoms with E-state index in [0.717, 1.165) is 12.8 Å². The molecular formula is C12H16O2. The summed E-state index contributed by atoms with van der Waals surface area (Å²) in [6, 6.07) is 8.61. The van der Waals surface area contributed by atoms with Crippen LogP contribution in [0.3, 0.4) is 0 Å². The van der Waals surface area contributed by atoms with Gasteiger partial charge in [-0.2, -0.15) is 0 Å². The summed E-state index contributed by atoms with van der Waals surface area (Å²) >= 11 is 0. The smallest absolute Gasteiger partial charge is 0.220 e. The molecule has 76 valence electrons. The van der Waals surface area contributed by atoms with E-state index in [1.807, 2.05) is 12.1 Å². The highest BCUT2D eigenvalue weighted by molar-refractivity contribution is 5.20. The van der Waals surface area contributed by atoms with Crippen LogP contribution < -0.4 is 10.2 Å². The molecule has 2 nitrogen and oxygen atoms in total. The topological polar surface area (TPSA) is 26.3 Å². The summed E-state index contributed by atoms with van der Waals surface area (Å²) in [5, 5.41) is 0. The molecule has 0 atom stereocenters. The second-order valence-corrected chi connectivity index (χ2v) is 3.20. The van der Waals surface area contributed by atoms with Crippen molar-refractivity contribution in [3.05, 3.63) is 40.6 Å². The lowest BCUT2D eigenvalue weighted by molar-refractivity contribution is 0.191. The number of hydrogen-bond acceptors (Lipinski definition) is 2. The van der Waals surface area contributed by atoms with Crippen molar-refractivity contribution >= 4 is 0 Å². The number of hydrogen-bond donors (Lipinski definition) is 0. The van der Waals surface area contributed by atoms with Gasteiger partial charge in [0.15, 0.2) is 5.75 Å². The number of rotatable bonds is 4. The third-order valence-corrected chi connectivity index (χ3v) is 2.16. The molecule has 14 heavy (non-hydrogen) atoms. The van der Waals surface area contributed by atoms with E-state index < -0.39 is 0 Å². The van der Waals surface area contributed by atoms with Gasteiger partial charge in [0.2, 0.25) is 5.43 Å². The van der Waals surface area contributed by atoms with Crippen molar-refractivity contribution in [2.45, 2.75) is 32.8 Å². The number of ether oxygens (including phenoxy) is 1. The molecule has 0 spiro atoms. The fourth-order valence-corrected chi connectivity index (χ4v) is 1.25. The maximum absolute atomic E-state index is 11.5. The monoisotopic (exact) mass is 192 g/mol. The second-order valence-electron chi connectivity index (χ2n) is 3.20. The molecule has 1 aromatic carbocycles. The predicted octanol–water partition coefficient (Wildman–Crippen LogP) is 2.61. The van der Waals surface area contributed by atoms with E-state index in [9.17, 15) is 4.79 Å². The Hall–Kier alpha value is -1.31. The van der Waals surface area contributed by atoms with Gasteiger partial charge in [-0.1, -0.05) is 32.0 Å². The maximum Gasteiger partial charge on any atom is 0.220 e. The minimum Gasteiger partial charge on any atom is -0.486 e. The highest BCUT2D eigenvalue weighted by atomic mass is 16.5. The van der Waals surface area contributed by atoms with Crippen LogP contribution in [0.5, 0.6) is 5.75 Å². The molecule has 0 aliphatic carbocycles. The summed E-state index contributed by atoms with van der Waals surface area (Å²) in [5.41, 5.74) is -0.0538. The summed E-state index contributed by atoms with van der Waals surface area (Å²) < 4.78 is 5.59. The average Bonchev–Trinajstić information content (AvgIpc) is 2.40. The third kappa shape index (κ3) is 2.87. The van der Waals surface area contributed by atoms with Gasteiger partial charge >= 0.3 is 0 Å². The Labute approximate surface area is 84.5 Å². The standard InChI is InChI=1S/C12H16O2/c1-3-10(4-2)14-12-9-7-5-6-8-11(12)13/h5-10H,3-4H2,1-2H3. The van der Waals surface area contributed by atoms with E-state index in [1.165, 1.54) is 6.07 Å². The molecule has 0 heterocycles. The molecule has 0 bridgehead atoms. The van der Waals surface area contributed by atoms with Crippen molar-refractivity contribution in [2.24, 2.45) is 0 Å². The Balaban J connectivity index is 2.87. The van der Waals surface area contributed by atoms with Gasteiger partial charge in [-0.25, -0.2) is 0 Å². The first-order valence-electron chi connectivity index (χ1n) is 5.04. The SMILES string of the molecule is CCC(CC)Oc1cccccc1=O. The molecule has 2 heteroatoms. The summed E-state index contributed by atoms with van der Waals surface area (Å²) in [5.74, 6) is 0.448. The van der Waals surface area contributed by atoms with Gasteiger partial charge in [-0.05, 0) is 25.0 Å². The molecule has 0 aliphatic heterocycles. The van der Waals surface area contributed by atoms with Crippen molar-refractivity contribution < 1.29 is 4.74 Å². The molecule has 0 fully saturated rings. The largest absolute Gasteiger partial charge is 0.486 e. The van der Waals surface area contributed by atoms with Crippen LogP contribution in [0.25, 0.3) is 0 Å². The molecule has 0 aliphatic rings. The van der Waals surface area contributed by atoms with Gasteiger partial charge in [0, 0.05) is 0 Å². The van der Waals surface area contributed by atoms with E-state index in [-0.39, 0.29) is 11.5 Å². The van der Waals surface area contributed by atoms with Crippen molar-refractivity contribution in [1.29, 1.82) is 0 Å². The first kappa shape index (κ1) is 10.8. The summed E-state index contributed by atoms with van der Waals surface area (Å²) in [6.07, 6.45) is 1.99. The van der Waals surface area contributed by atoms with Crippen molar-refractivity contribution in [2.75, 3.05) is 0 Å². The Bertz CT molecular complexity index is 329. The van der Waals surface area contributed by atoms with E-state index in [4.69, 9.17) is 4.74 Å². The lowest BCUT2D eigenvalue weighted by Crippen LogP contribution is -2.17. The predicted molar refractivity (Wildman–Crippen MR) is 57.7 cm³/mol. The van der Waals surface area contributed by atoms with Crippen LogP contribution in [-0.4, -0.2) is 6.10 Å². The molecule has 0 saturated carbocycles. The molecule has 1 rings (SSSR count). The van der Waals surface area contributed by atoms with Gasteiger partial charge in [0.25, 0.3) is 0 Å². The average molecular weight is 192 g/mol. The van der Waals surface area contributed by atoms with Crippen LogP contribution in [-0.2, 0) is 0 Å². The molecule has 0 aromatic heterocycles. The fraction of sp³-hybridized carbons (Fsp3) is 0.417. The van der Waals surface area contributed by atoms with Crippen LogP contribution in [0.2, 0.25) is 0 Å². The van der Waals surface area contributed by atoms with E-state index in [1.54, 1.807) is 12.1 Å². The fourth-order valence-electron chi connectivity index (χ4n) is 1.25. The zero-order chi connectivity index (χ0) is 10.4. The van der Waals surface area contributed by atoms with Gasteiger partial charge < -0.3 is 4.74 Å². The molecule has 1 aromatic rings. The van der Waals surface area contributed by atoms with Gasteiger partial charge in [0.05, 0.1) is 6.10 Å². The van der Waals surface area contributed by atoms with Crippen LogP contribution >= 0.6 is 0 Å². The molecular weight excluding hydrogens is 176 g/mol. The van der Waals surface area contributed by atoms with Crippen LogP contribution in [0.4, 0.5) is 0 Å². The maximum atomic E-state index is 11.5. The first-order chi connectivity index (χ1) is 6.77. The molecule has 0 N–H and O–H groups in total. The van der Waals surface area contributed by atoms with E-state index >= 15 is 0 Å². The summed E-state index contributed by atoms with van der Waals surface area (Å²) in [6.45, 7) is 4.11. The molecule has 0 unspecified atom stereocenters. The van der Waals surface area contributed by atoms with Crippen molar-refractivity contribution in [1.82, 2.24) is 0 Å². The Morgan fingerprint density at radius 2 is 1.79 bits per heavy atom. The van der Waals surface area contributed by atoms with Gasteiger partial charge in [0.1, 0.15) is 0 Å². The van der Waals surface area contributed by atoms with Crippen LogP contribution in [0.15, 0.2) is 35.1 Å². The summed E-state index contributed by atoms with van der Waals surface area (Å²) in [4.78, 5) is 11.5. The first-order valence-corrected chi connectivity index (χ1v) is 5.04. The van der Waals surface area contributed by atoms with Crippen molar-refractivity contribution in [3.8, 4) is 5.75 Å². The van der Waals surface area contributed by atoms with Crippen LogP contribution in [0, 0.1) is 0 Å². The van der Waals surface area contributed by atoms with Gasteiger partial charge in [-0.15, -0.1) is 0 Å². The molecule has 0 amide bonds. The zero-order valence-corrected chi connectivity index (χ0v) is 8.69. The van der Waals surface area contributed by atoms with Crippen molar-refractivity contribution in [3.63, 3.8) is 0 Å². The molecule has 0 radical (unpaired) electrons. The Kier molecular flexibility index (Phi) is 4.17. The zero-order valence-electron chi connectivity index (χ0n) is 8.69. The minimum absolute atomic E-state index is 0.0538. The Morgan fingerprint density at radius 3 is 2.43 bits per heavy atom. The highest BCUT2D eigenvalue weighted by Gasteiger charge is 2.06. The normalized spacial score (nSPS) is 10.2. The Morgan fingerprint density at radius 1 is 1.14 bits per heavy atom. The van der Waals surface area contributed by atoms with E-state index in [2.05, 4.69) is 13.8 Å². The lowest BCUT2D eigenvalue weighted by atomic mass is 10.2. The minimum atomic E-state index is -0.0538. The highest BCUT2D eigenvalue weighted by Crippen LogP contribution is 2.08. The lowest BCUT2D eigenvalue weighted by Gasteiger charge is -2.13. The van der Waals surface area contributed by atoms with E-state index in [0.29, 0.717) is 5.75 Å². The molecule has 0 saturated heterocycles. The summed E-state index contributed by atoms with van der Waals surface area (Å²) in [7, 11) is 0.